The zero-order chi connectivity index (χ0) is 17.5. The van der Waals surface area contributed by atoms with Crippen molar-refractivity contribution in [3.8, 4) is 0 Å². The fourth-order valence-electron chi connectivity index (χ4n) is 1.83. The van der Waals surface area contributed by atoms with E-state index in [-0.39, 0.29) is 29.1 Å². The molecule has 126 valence electrons. The molecule has 2 N–H and O–H groups in total. The normalized spacial score (nSPS) is 10.3. The Morgan fingerprint density at radius 2 is 1.54 bits per heavy atom. The van der Waals surface area contributed by atoms with Crippen LogP contribution in [0.5, 0.6) is 0 Å². The maximum atomic E-state index is 13.4. The van der Waals surface area contributed by atoms with Crippen molar-refractivity contribution in [1.29, 1.82) is 0 Å². The van der Waals surface area contributed by atoms with Crippen LogP contribution in [0.3, 0.4) is 0 Å². The summed E-state index contributed by atoms with van der Waals surface area (Å²) in [5.74, 6) is -0.555. The third-order valence-corrected chi connectivity index (χ3v) is 4.51. The molecule has 0 aliphatic rings. The number of thioether (sulfide) groups is 1. The van der Waals surface area contributed by atoms with Gasteiger partial charge >= 0.3 is 0 Å². The van der Waals surface area contributed by atoms with Gasteiger partial charge in [-0.3, -0.25) is 9.59 Å². The average molecular weight is 411 g/mol. The lowest BCUT2D eigenvalue weighted by Gasteiger charge is -2.07. The summed E-state index contributed by atoms with van der Waals surface area (Å²) in [4.78, 5) is 23.6. The monoisotopic (exact) mass is 410 g/mol. The van der Waals surface area contributed by atoms with E-state index in [0.29, 0.717) is 16.9 Å². The Labute approximate surface area is 152 Å². The molecule has 0 aliphatic heterocycles. The zero-order valence-corrected chi connectivity index (χ0v) is 15.3. The van der Waals surface area contributed by atoms with Gasteiger partial charge in [-0.05, 0) is 48.9 Å². The molecule has 0 aliphatic carbocycles. The number of carbonyl (C=O) groups is 2. The maximum Gasteiger partial charge on any atom is 0.234 e. The number of amides is 2. The minimum atomic E-state index is -0.366. The van der Waals surface area contributed by atoms with Crippen LogP contribution in [-0.2, 0) is 9.59 Å². The highest BCUT2D eigenvalue weighted by molar-refractivity contribution is 9.10. The first-order valence-electron chi connectivity index (χ1n) is 7.13. The van der Waals surface area contributed by atoms with E-state index in [0.717, 1.165) is 4.47 Å². The average Bonchev–Trinajstić information content (AvgIpc) is 2.53. The van der Waals surface area contributed by atoms with E-state index in [4.69, 9.17) is 0 Å². The summed E-state index contributed by atoms with van der Waals surface area (Å²) < 4.78 is 14.3. The molecule has 0 heterocycles. The van der Waals surface area contributed by atoms with Gasteiger partial charge in [-0.2, -0.15) is 0 Å². The predicted molar refractivity (Wildman–Crippen MR) is 99.9 cm³/mol. The summed E-state index contributed by atoms with van der Waals surface area (Å²) >= 11 is 4.51. The number of carbonyl (C=O) groups excluding carboxylic acids is 2. The van der Waals surface area contributed by atoms with E-state index in [1.807, 2.05) is 12.1 Å². The van der Waals surface area contributed by atoms with E-state index in [1.54, 1.807) is 31.2 Å². The number of aryl methyl sites for hydroxylation is 1. The van der Waals surface area contributed by atoms with E-state index in [2.05, 4.69) is 26.6 Å². The third-order valence-electron chi connectivity index (χ3n) is 3.05. The number of hydrogen-bond donors (Lipinski definition) is 2. The molecule has 0 spiro atoms. The smallest absolute Gasteiger partial charge is 0.234 e. The van der Waals surface area contributed by atoms with E-state index in [9.17, 15) is 14.0 Å². The van der Waals surface area contributed by atoms with Crippen LogP contribution in [0.15, 0.2) is 46.9 Å². The first-order valence-corrected chi connectivity index (χ1v) is 9.08. The van der Waals surface area contributed by atoms with Gasteiger partial charge in [-0.25, -0.2) is 4.39 Å². The number of halogens is 2. The van der Waals surface area contributed by atoms with Crippen molar-refractivity contribution in [3.05, 3.63) is 58.3 Å². The number of benzene rings is 2. The molecule has 2 rings (SSSR count). The van der Waals surface area contributed by atoms with Crippen molar-refractivity contribution in [2.24, 2.45) is 0 Å². The SMILES string of the molecule is Cc1ccc(NC(=O)CSCC(=O)Nc2ccc(Br)cc2)cc1F. The van der Waals surface area contributed by atoms with E-state index in [1.165, 1.54) is 17.8 Å². The van der Waals surface area contributed by atoms with Gasteiger partial charge in [0.2, 0.25) is 11.8 Å². The van der Waals surface area contributed by atoms with Gasteiger partial charge in [0, 0.05) is 15.8 Å². The van der Waals surface area contributed by atoms with Crippen LogP contribution in [0.4, 0.5) is 15.8 Å². The van der Waals surface area contributed by atoms with Crippen molar-refractivity contribution >= 4 is 50.9 Å². The molecule has 0 bridgehead atoms. The highest BCUT2D eigenvalue weighted by atomic mass is 79.9. The van der Waals surface area contributed by atoms with Gasteiger partial charge in [-0.1, -0.05) is 22.0 Å². The Morgan fingerprint density at radius 3 is 2.12 bits per heavy atom. The summed E-state index contributed by atoms with van der Waals surface area (Å²) in [5.41, 5.74) is 1.62. The van der Waals surface area contributed by atoms with Crippen LogP contribution >= 0.6 is 27.7 Å². The second-order valence-electron chi connectivity index (χ2n) is 5.06. The van der Waals surface area contributed by atoms with Crippen molar-refractivity contribution in [1.82, 2.24) is 0 Å². The molecule has 0 saturated carbocycles. The van der Waals surface area contributed by atoms with Crippen LogP contribution in [0, 0.1) is 12.7 Å². The molecule has 0 fully saturated rings. The Kier molecular flexibility index (Phi) is 6.81. The Bertz CT molecular complexity index is 738. The highest BCUT2D eigenvalue weighted by Crippen LogP contribution is 2.15. The minimum absolute atomic E-state index is 0.114. The third kappa shape index (κ3) is 5.98. The lowest BCUT2D eigenvalue weighted by Crippen LogP contribution is -2.18. The van der Waals surface area contributed by atoms with Gasteiger partial charge in [0.15, 0.2) is 0 Å². The molecule has 0 unspecified atom stereocenters. The van der Waals surface area contributed by atoms with Crippen LogP contribution in [-0.4, -0.2) is 23.3 Å². The molecular weight excluding hydrogens is 395 g/mol. The Hall–Kier alpha value is -1.86. The van der Waals surface area contributed by atoms with Crippen LogP contribution in [0.2, 0.25) is 0 Å². The van der Waals surface area contributed by atoms with Crippen LogP contribution in [0.1, 0.15) is 5.56 Å². The quantitative estimate of drug-likeness (QED) is 0.749. The van der Waals surface area contributed by atoms with Crippen molar-refractivity contribution in [3.63, 3.8) is 0 Å². The molecule has 0 atom stereocenters. The lowest BCUT2D eigenvalue weighted by atomic mass is 10.2. The van der Waals surface area contributed by atoms with E-state index < -0.39 is 0 Å². The van der Waals surface area contributed by atoms with Crippen molar-refractivity contribution < 1.29 is 14.0 Å². The van der Waals surface area contributed by atoms with Gasteiger partial charge < -0.3 is 10.6 Å². The topological polar surface area (TPSA) is 58.2 Å². The standard InChI is InChI=1S/C17H16BrFN2O2S/c1-11-2-5-14(8-15(11)19)21-17(23)10-24-9-16(22)20-13-6-3-12(18)4-7-13/h2-8H,9-10H2,1H3,(H,20,22)(H,21,23). The van der Waals surface area contributed by atoms with Crippen molar-refractivity contribution in [2.45, 2.75) is 6.92 Å². The van der Waals surface area contributed by atoms with E-state index >= 15 is 0 Å². The Morgan fingerprint density at radius 1 is 1.00 bits per heavy atom. The second-order valence-corrected chi connectivity index (χ2v) is 6.96. The van der Waals surface area contributed by atoms with Gasteiger partial charge in [0.25, 0.3) is 0 Å². The number of anilines is 2. The first-order chi connectivity index (χ1) is 11.4. The zero-order valence-electron chi connectivity index (χ0n) is 12.9. The molecule has 2 amide bonds. The first kappa shape index (κ1) is 18.5. The summed E-state index contributed by atoms with van der Waals surface area (Å²) in [6.07, 6.45) is 0. The molecule has 2 aromatic carbocycles. The summed E-state index contributed by atoms with van der Waals surface area (Å²) in [6.45, 7) is 1.65. The lowest BCUT2D eigenvalue weighted by molar-refractivity contribution is -0.114. The predicted octanol–water partition coefficient (Wildman–Crippen LogP) is 4.21. The summed E-state index contributed by atoms with van der Waals surface area (Å²) in [5, 5.41) is 5.35. The van der Waals surface area contributed by atoms with Crippen LogP contribution < -0.4 is 10.6 Å². The molecule has 7 heteroatoms. The highest BCUT2D eigenvalue weighted by Gasteiger charge is 2.07. The fourth-order valence-corrected chi connectivity index (χ4v) is 2.72. The number of rotatable bonds is 6. The largest absolute Gasteiger partial charge is 0.325 e. The van der Waals surface area contributed by atoms with Gasteiger partial charge in [0.1, 0.15) is 5.82 Å². The summed E-state index contributed by atoms with van der Waals surface area (Å²) in [7, 11) is 0. The molecule has 0 radical (unpaired) electrons. The maximum absolute atomic E-state index is 13.4. The van der Waals surface area contributed by atoms with Gasteiger partial charge in [-0.15, -0.1) is 11.8 Å². The Balaban J connectivity index is 1.72. The number of nitrogens with one attached hydrogen (secondary N) is 2. The molecule has 2 aromatic rings. The fraction of sp³-hybridized carbons (Fsp3) is 0.176. The molecule has 0 aromatic heterocycles. The molecular formula is C17H16BrFN2O2S. The molecule has 4 nitrogen and oxygen atoms in total. The molecule has 24 heavy (non-hydrogen) atoms. The number of hydrogen-bond acceptors (Lipinski definition) is 3. The van der Waals surface area contributed by atoms with Crippen molar-refractivity contribution in [2.75, 3.05) is 22.1 Å². The van der Waals surface area contributed by atoms with Crippen LogP contribution in [0.25, 0.3) is 0 Å². The minimum Gasteiger partial charge on any atom is -0.325 e. The van der Waals surface area contributed by atoms with Gasteiger partial charge in [0.05, 0.1) is 11.5 Å². The molecule has 0 saturated heterocycles. The second kappa shape index (κ2) is 8.84. The summed E-state index contributed by atoms with van der Waals surface area (Å²) in [6, 6.07) is 11.7.